The molecule has 2 amide bonds. The lowest BCUT2D eigenvalue weighted by Gasteiger charge is -2.25. The molecule has 38 heavy (non-hydrogen) atoms. The number of esters is 1. The molecule has 4 atom stereocenters. The molecule has 0 spiro atoms. The van der Waals surface area contributed by atoms with E-state index in [9.17, 15) is 24.0 Å². The normalized spacial score (nSPS) is 19.0. The van der Waals surface area contributed by atoms with E-state index < -0.39 is 29.6 Å². The van der Waals surface area contributed by atoms with Crippen LogP contribution >= 0.6 is 0 Å². The highest BCUT2D eigenvalue weighted by molar-refractivity contribution is 5.96. The van der Waals surface area contributed by atoms with E-state index in [4.69, 9.17) is 9.47 Å². The quantitative estimate of drug-likeness (QED) is 0.136. The largest absolute Gasteiger partial charge is 0.469 e. The number of ether oxygens (including phenoxy) is 2. The topological polar surface area (TPSA) is 131 Å². The number of ketones is 2. The van der Waals surface area contributed by atoms with Crippen molar-refractivity contribution in [3.63, 3.8) is 0 Å². The minimum absolute atomic E-state index is 0.0511. The maximum absolute atomic E-state index is 13.3. The van der Waals surface area contributed by atoms with E-state index in [0.717, 1.165) is 19.3 Å². The van der Waals surface area contributed by atoms with Gasteiger partial charge in [0.15, 0.2) is 11.6 Å². The van der Waals surface area contributed by atoms with E-state index >= 15 is 0 Å². The Morgan fingerprint density at radius 3 is 2.11 bits per heavy atom. The molecule has 1 fully saturated rings. The molecule has 9 heteroatoms. The number of methoxy groups -OCH3 is 1. The molecule has 1 saturated heterocycles. The van der Waals surface area contributed by atoms with Crippen LogP contribution in [0.15, 0.2) is 0 Å². The van der Waals surface area contributed by atoms with Gasteiger partial charge in [0, 0.05) is 25.2 Å². The molecular formula is C29H50N2O7. The predicted molar refractivity (Wildman–Crippen MR) is 145 cm³/mol. The number of carbonyl (C=O) groups excluding carboxylic acids is 5. The van der Waals surface area contributed by atoms with Crippen molar-refractivity contribution >= 4 is 29.4 Å². The number of Topliss-reactive ketones (excluding diaryl/α,β-unsaturated/α-hetero) is 2. The van der Waals surface area contributed by atoms with Crippen LogP contribution in [0.3, 0.4) is 0 Å². The van der Waals surface area contributed by atoms with Gasteiger partial charge in [-0.25, -0.2) is 0 Å². The van der Waals surface area contributed by atoms with Crippen molar-refractivity contribution in [2.75, 3.05) is 13.7 Å². The molecule has 0 radical (unpaired) electrons. The zero-order chi connectivity index (χ0) is 28.9. The third kappa shape index (κ3) is 12.0. The number of unbranched alkanes of at least 4 members (excludes halogenated alkanes) is 2. The molecular weight excluding hydrogens is 488 g/mol. The SMILES string of the molecule is CCCCCC(=O)NC(C(=O)CCCC(CCC(=O)OC)C(=O)NC(CC(C)C)C(=O)C1(C)CO1)C(C)C. The monoisotopic (exact) mass is 538 g/mol. The van der Waals surface area contributed by atoms with Crippen LogP contribution in [0.25, 0.3) is 0 Å². The van der Waals surface area contributed by atoms with Gasteiger partial charge in [-0.3, -0.25) is 24.0 Å². The Labute approximate surface area is 228 Å². The van der Waals surface area contributed by atoms with Crippen molar-refractivity contribution in [2.45, 2.75) is 123 Å². The van der Waals surface area contributed by atoms with Gasteiger partial charge in [-0.2, -0.15) is 0 Å². The summed E-state index contributed by atoms with van der Waals surface area (Å²) in [5.74, 6) is -1.48. The molecule has 1 aliphatic rings. The van der Waals surface area contributed by atoms with Crippen LogP contribution in [-0.4, -0.2) is 60.8 Å². The summed E-state index contributed by atoms with van der Waals surface area (Å²) in [7, 11) is 1.30. The van der Waals surface area contributed by atoms with Gasteiger partial charge in [-0.1, -0.05) is 47.5 Å². The van der Waals surface area contributed by atoms with E-state index in [1.807, 2.05) is 27.7 Å². The fraction of sp³-hybridized carbons (Fsp3) is 0.828. The third-order valence-electron chi connectivity index (χ3n) is 7.05. The number of hydrogen-bond acceptors (Lipinski definition) is 7. The molecule has 0 aromatic carbocycles. The Hall–Kier alpha value is -2.29. The summed E-state index contributed by atoms with van der Waals surface area (Å²) in [4.78, 5) is 63.3. The lowest BCUT2D eigenvalue weighted by atomic mass is 9.90. The Bertz CT molecular complexity index is 805. The molecule has 0 saturated carbocycles. The van der Waals surface area contributed by atoms with Crippen molar-refractivity contribution in [3.8, 4) is 0 Å². The van der Waals surface area contributed by atoms with Gasteiger partial charge in [0.2, 0.25) is 11.8 Å². The van der Waals surface area contributed by atoms with Gasteiger partial charge in [-0.15, -0.1) is 0 Å². The van der Waals surface area contributed by atoms with Gasteiger partial charge in [0.25, 0.3) is 0 Å². The molecule has 9 nitrogen and oxygen atoms in total. The fourth-order valence-corrected chi connectivity index (χ4v) is 4.49. The van der Waals surface area contributed by atoms with Gasteiger partial charge < -0.3 is 20.1 Å². The van der Waals surface area contributed by atoms with E-state index in [1.54, 1.807) is 6.92 Å². The molecule has 1 rings (SSSR count). The molecule has 2 N–H and O–H groups in total. The highest BCUT2D eigenvalue weighted by Gasteiger charge is 2.50. The zero-order valence-corrected chi connectivity index (χ0v) is 24.5. The Balaban J connectivity index is 2.81. The Kier molecular flexibility index (Phi) is 14.8. The number of carbonyl (C=O) groups is 5. The summed E-state index contributed by atoms with van der Waals surface area (Å²) in [6.45, 7) is 11.9. The minimum atomic E-state index is -0.854. The van der Waals surface area contributed by atoms with Crippen LogP contribution in [0.1, 0.15) is 106 Å². The van der Waals surface area contributed by atoms with Crippen molar-refractivity contribution < 1.29 is 33.4 Å². The second kappa shape index (κ2) is 16.6. The van der Waals surface area contributed by atoms with Crippen LogP contribution in [0.4, 0.5) is 0 Å². The van der Waals surface area contributed by atoms with E-state index in [0.29, 0.717) is 32.3 Å². The predicted octanol–water partition coefficient (Wildman–Crippen LogP) is 3.91. The van der Waals surface area contributed by atoms with Crippen LogP contribution < -0.4 is 10.6 Å². The number of nitrogens with one attached hydrogen (secondary N) is 2. The average molecular weight is 539 g/mol. The lowest BCUT2D eigenvalue weighted by Crippen LogP contribution is -2.48. The van der Waals surface area contributed by atoms with E-state index in [1.165, 1.54) is 7.11 Å². The van der Waals surface area contributed by atoms with Gasteiger partial charge in [0.05, 0.1) is 25.8 Å². The van der Waals surface area contributed by atoms with E-state index in [-0.39, 0.29) is 54.5 Å². The zero-order valence-electron chi connectivity index (χ0n) is 24.5. The number of epoxide rings is 1. The van der Waals surface area contributed by atoms with Gasteiger partial charge in [0.1, 0.15) is 5.60 Å². The molecule has 0 aromatic rings. The standard InChI is InChI=1S/C29H50N2O7/c1-8-9-10-14-24(33)31-26(20(4)5)23(32)13-11-12-21(15-16-25(34)37-7)28(36)30-22(17-19(2)3)27(35)29(6)18-38-29/h19-22,26H,8-18H2,1-7H3,(H,30,36)(H,31,33). The summed E-state index contributed by atoms with van der Waals surface area (Å²) >= 11 is 0. The summed E-state index contributed by atoms with van der Waals surface area (Å²) in [6.07, 6.45) is 5.00. The van der Waals surface area contributed by atoms with Crippen LogP contribution in [0.2, 0.25) is 0 Å². The number of rotatable bonds is 20. The van der Waals surface area contributed by atoms with Gasteiger partial charge >= 0.3 is 5.97 Å². The Morgan fingerprint density at radius 2 is 1.58 bits per heavy atom. The summed E-state index contributed by atoms with van der Waals surface area (Å²) in [5.41, 5.74) is -0.854. The van der Waals surface area contributed by atoms with Crippen LogP contribution in [-0.2, 0) is 33.4 Å². The minimum Gasteiger partial charge on any atom is -0.469 e. The molecule has 1 heterocycles. The van der Waals surface area contributed by atoms with Crippen LogP contribution in [0.5, 0.6) is 0 Å². The molecule has 218 valence electrons. The van der Waals surface area contributed by atoms with Crippen molar-refractivity contribution in [3.05, 3.63) is 0 Å². The first-order valence-corrected chi connectivity index (χ1v) is 14.2. The summed E-state index contributed by atoms with van der Waals surface area (Å²) in [6, 6.07) is -1.25. The van der Waals surface area contributed by atoms with Crippen molar-refractivity contribution in [1.82, 2.24) is 10.6 Å². The summed E-state index contributed by atoms with van der Waals surface area (Å²) < 4.78 is 10.1. The van der Waals surface area contributed by atoms with E-state index in [2.05, 4.69) is 17.6 Å². The lowest BCUT2D eigenvalue weighted by molar-refractivity contribution is -0.141. The molecule has 0 aliphatic carbocycles. The second-order valence-electron chi connectivity index (χ2n) is 11.5. The molecule has 4 unspecified atom stereocenters. The number of amides is 2. The van der Waals surface area contributed by atoms with Crippen LogP contribution in [0, 0.1) is 17.8 Å². The number of hydrogen-bond donors (Lipinski definition) is 2. The fourth-order valence-electron chi connectivity index (χ4n) is 4.49. The van der Waals surface area contributed by atoms with Crippen molar-refractivity contribution in [1.29, 1.82) is 0 Å². The highest BCUT2D eigenvalue weighted by Crippen LogP contribution is 2.30. The molecule has 0 bridgehead atoms. The first-order chi connectivity index (χ1) is 17.8. The first-order valence-electron chi connectivity index (χ1n) is 14.2. The maximum atomic E-state index is 13.3. The molecule has 0 aromatic heterocycles. The summed E-state index contributed by atoms with van der Waals surface area (Å²) in [5, 5.41) is 5.79. The highest BCUT2D eigenvalue weighted by atomic mass is 16.6. The van der Waals surface area contributed by atoms with Gasteiger partial charge in [-0.05, 0) is 50.9 Å². The average Bonchev–Trinajstić information content (AvgIpc) is 3.61. The van der Waals surface area contributed by atoms with Crippen molar-refractivity contribution in [2.24, 2.45) is 17.8 Å². The molecule has 1 aliphatic heterocycles. The smallest absolute Gasteiger partial charge is 0.305 e. The second-order valence-corrected chi connectivity index (χ2v) is 11.5. The third-order valence-corrected chi connectivity index (χ3v) is 7.05. The Morgan fingerprint density at radius 1 is 0.921 bits per heavy atom. The maximum Gasteiger partial charge on any atom is 0.305 e. The first kappa shape index (κ1) is 33.7.